The number of furan rings is 1. The molecule has 1 N–H and O–H groups in total. The number of benzene rings is 2. The summed E-state index contributed by atoms with van der Waals surface area (Å²) in [4.78, 5) is 45.2. The Morgan fingerprint density at radius 1 is 0.921 bits per heavy atom. The summed E-state index contributed by atoms with van der Waals surface area (Å²) in [5, 5.41) is 2.83. The third-order valence-electron chi connectivity index (χ3n) is 7.12. The fraction of sp³-hybridized carbons (Fsp3) is 0.367. The molecule has 1 aromatic heterocycles. The van der Waals surface area contributed by atoms with Gasteiger partial charge in [0.1, 0.15) is 0 Å². The minimum absolute atomic E-state index is 0.0901. The van der Waals surface area contributed by atoms with E-state index >= 15 is 0 Å². The van der Waals surface area contributed by atoms with E-state index < -0.39 is 0 Å². The average Bonchev–Trinajstić information content (AvgIpc) is 3.50. The molecule has 1 atom stereocenters. The predicted octanol–water partition coefficient (Wildman–Crippen LogP) is 4.86. The minimum atomic E-state index is -0.375. The van der Waals surface area contributed by atoms with Crippen LogP contribution in [0.25, 0.3) is 0 Å². The summed E-state index contributed by atoms with van der Waals surface area (Å²) in [5.41, 5.74) is 2.90. The monoisotopic (exact) mass is 516 g/mol. The van der Waals surface area contributed by atoms with Gasteiger partial charge in [-0.05, 0) is 56.2 Å². The van der Waals surface area contributed by atoms with E-state index in [0.29, 0.717) is 50.5 Å². The van der Waals surface area contributed by atoms with Gasteiger partial charge in [-0.2, -0.15) is 0 Å². The van der Waals surface area contributed by atoms with Crippen molar-refractivity contribution < 1.29 is 18.8 Å². The second kappa shape index (κ2) is 12.4. The number of piperazine rings is 1. The van der Waals surface area contributed by atoms with Gasteiger partial charge in [0.05, 0.1) is 17.7 Å². The van der Waals surface area contributed by atoms with E-state index in [0.717, 1.165) is 17.7 Å². The van der Waals surface area contributed by atoms with Gasteiger partial charge in [-0.1, -0.05) is 37.3 Å². The quantitative estimate of drug-likeness (QED) is 0.439. The maximum atomic E-state index is 13.5. The highest BCUT2D eigenvalue weighted by Crippen LogP contribution is 2.29. The molecule has 0 saturated carbocycles. The van der Waals surface area contributed by atoms with Gasteiger partial charge in [0.2, 0.25) is 5.91 Å². The Morgan fingerprint density at radius 3 is 2.24 bits per heavy atom. The number of amides is 3. The van der Waals surface area contributed by atoms with E-state index in [1.54, 1.807) is 29.2 Å². The lowest BCUT2D eigenvalue weighted by atomic mass is 9.94. The molecule has 4 rings (SSSR count). The average molecular weight is 517 g/mol. The van der Waals surface area contributed by atoms with Gasteiger partial charge in [0.15, 0.2) is 5.76 Å². The van der Waals surface area contributed by atoms with Crippen molar-refractivity contribution in [2.75, 3.05) is 49.5 Å². The molecule has 1 aliphatic heterocycles. The Labute approximate surface area is 224 Å². The zero-order valence-electron chi connectivity index (χ0n) is 22.4. The lowest BCUT2D eigenvalue weighted by Gasteiger charge is -2.38. The highest BCUT2D eigenvalue weighted by atomic mass is 16.3. The van der Waals surface area contributed by atoms with Crippen molar-refractivity contribution in [1.82, 2.24) is 9.80 Å². The van der Waals surface area contributed by atoms with Crippen LogP contribution < -0.4 is 10.2 Å². The summed E-state index contributed by atoms with van der Waals surface area (Å²) in [5.74, 6) is -0.270. The van der Waals surface area contributed by atoms with Gasteiger partial charge in [0, 0.05) is 50.6 Å². The highest BCUT2D eigenvalue weighted by Gasteiger charge is 2.29. The molecule has 200 valence electrons. The maximum Gasteiger partial charge on any atom is 0.291 e. The van der Waals surface area contributed by atoms with Crippen LogP contribution in [0.15, 0.2) is 71.3 Å². The highest BCUT2D eigenvalue weighted by molar-refractivity contribution is 6.05. The van der Waals surface area contributed by atoms with E-state index in [1.807, 2.05) is 62.1 Å². The number of carbonyl (C=O) groups excluding carboxylic acids is 3. The fourth-order valence-corrected chi connectivity index (χ4v) is 4.97. The van der Waals surface area contributed by atoms with Crippen molar-refractivity contribution in [2.24, 2.45) is 0 Å². The van der Waals surface area contributed by atoms with Crippen LogP contribution in [0, 0.1) is 0 Å². The van der Waals surface area contributed by atoms with Crippen molar-refractivity contribution >= 4 is 29.1 Å². The Bertz CT molecular complexity index is 1230. The van der Waals surface area contributed by atoms with Crippen LogP contribution in [-0.4, -0.2) is 66.8 Å². The number of anilines is 2. The molecule has 8 heteroatoms. The zero-order valence-corrected chi connectivity index (χ0v) is 22.4. The van der Waals surface area contributed by atoms with Crippen LogP contribution in [0.3, 0.4) is 0 Å². The summed E-state index contributed by atoms with van der Waals surface area (Å²) in [6.45, 7) is 9.51. The largest absolute Gasteiger partial charge is 0.459 e. The van der Waals surface area contributed by atoms with Crippen LogP contribution in [0.1, 0.15) is 59.6 Å². The first-order valence-electron chi connectivity index (χ1n) is 13.3. The molecular weight excluding hydrogens is 480 g/mol. The lowest BCUT2D eigenvalue weighted by molar-refractivity contribution is -0.133. The lowest BCUT2D eigenvalue weighted by Crippen LogP contribution is -2.50. The summed E-state index contributed by atoms with van der Waals surface area (Å²) in [7, 11) is 0. The van der Waals surface area contributed by atoms with Crippen molar-refractivity contribution in [3.8, 4) is 0 Å². The number of hydrogen-bond donors (Lipinski definition) is 1. The topological polar surface area (TPSA) is 86.1 Å². The van der Waals surface area contributed by atoms with Crippen molar-refractivity contribution in [2.45, 2.75) is 33.1 Å². The standard InChI is InChI=1S/C30H36N4O4/c1-4-24(22-11-8-7-9-12-22)29(36)34-18-16-33(17-19-34)26-15-14-23(31-28(35)27-13-10-20-38-27)21-25(26)30(37)32(5-2)6-3/h7-15,20-21,24H,4-6,16-19H2,1-3H3,(H,31,35). The van der Waals surface area contributed by atoms with Crippen LogP contribution in [0.4, 0.5) is 11.4 Å². The zero-order chi connectivity index (χ0) is 27.1. The number of hydrogen-bond acceptors (Lipinski definition) is 5. The van der Waals surface area contributed by atoms with Crippen molar-refractivity contribution in [1.29, 1.82) is 0 Å². The van der Waals surface area contributed by atoms with E-state index in [-0.39, 0.29) is 29.4 Å². The van der Waals surface area contributed by atoms with E-state index in [9.17, 15) is 14.4 Å². The Kier molecular flexibility index (Phi) is 8.84. The number of nitrogens with zero attached hydrogens (tertiary/aromatic N) is 3. The number of carbonyl (C=O) groups is 3. The molecule has 1 fully saturated rings. The molecule has 1 unspecified atom stereocenters. The van der Waals surface area contributed by atoms with E-state index in [2.05, 4.69) is 10.2 Å². The van der Waals surface area contributed by atoms with Gasteiger partial charge >= 0.3 is 0 Å². The Balaban J connectivity index is 1.52. The smallest absolute Gasteiger partial charge is 0.291 e. The fourth-order valence-electron chi connectivity index (χ4n) is 4.97. The van der Waals surface area contributed by atoms with E-state index in [1.165, 1.54) is 6.26 Å². The maximum absolute atomic E-state index is 13.5. The molecule has 0 bridgehead atoms. The second-order valence-electron chi connectivity index (χ2n) is 9.32. The summed E-state index contributed by atoms with van der Waals surface area (Å²) >= 11 is 0. The van der Waals surface area contributed by atoms with Gasteiger partial charge < -0.3 is 24.4 Å². The number of nitrogens with one attached hydrogen (secondary N) is 1. The molecule has 38 heavy (non-hydrogen) atoms. The van der Waals surface area contributed by atoms with E-state index in [4.69, 9.17) is 4.42 Å². The van der Waals surface area contributed by atoms with Gasteiger partial charge in [-0.25, -0.2) is 0 Å². The molecule has 3 aromatic rings. The van der Waals surface area contributed by atoms with Crippen LogP contribution in [0.2, 0.25) is 0 Å². The molecule has 1 saturated heterocycles. The molecule has 8 nitrogen and oxygen atoms in total. The molecule has 0 spiro atoms. The van der Waals surface area contributed by atoms with Crippen molar-refractivity contribution in [3.05, 3.63) is 83.8 Å². The molecule has 1 aliphatic rings. The molecule has 0 aliphatic carbocycles. The molecular formula is C30H36N4O4. The number of rotatable bonds is 9. The third kappa shape index (κ3) is 5.90. The summed E-state index contributed by atoms with van der Waals surface area (Å²) < 4.78 is 5.19. The predicted molar refractivity (Wildman–Crippen MR) is 149 cm³/mol. The molecule has 0 radical (unpaired) electrons. The first-order valence-corrected chi connectivity index (χ1v) is 13.3. The summed E-state index contributed by atoms with van der Waals surface area (Å²) in [6.07, 6.45) is 2.19. The van der Waals surface area contributed by atoms with Gasteiger partial charge in [-0.3, -0.25) is 14.4 Å². The normalized spacial score (nSPS) is 14.2. The molecule has 3 amide bonds. The molecule has 2 heterocycles. The second-order valence-corrected chi connectivity index (χ2v) is 9.32. The van der Waals surface area contributed by atoms with Crippen LogP contribution in [-0.2, 0) is 4.79 Å². The summed E-state index contributed by atoms with van der Waals surface area (Å²) in [6, 6.07) is 18.6. The first kappa shape index (κ1) is 27.0. The van der Waals surface area contributed by atoms with Crippen LogP contribution >= 0.6 is 0 Å². The van der Waals surface area contributed by atoms with Gasteiger partial charge in [-0.15, -0.1) is 0 Å². The minimum Gasteiger partial charge on any atom is -0.459 e. The molecule has 2 aromatic carbocycles. The SMILES string of the molecule is CCC(C(=O)N1CCN(c2ccc(NC(=O)c3ccco3)cc2C(=O)N(CC)CC)CC1)c1ccccc1. The Hall–Kier alpha value is -4.07. The van der Waals surface area contributed by atoms with Crippen molar-refractivity contribution in [3.63, 3.8) is 0 Å². The Morgan fingerprint density at radius 2 is 1.63 bits per heavy atom. The van der Waals surface area contributed by atoms with Gasteiger partial charge in [0.25, 0.3) is 11.8 Å². The van der Waals surface area contributed by atoms with Crippen LogP contribution in [0.5, 0.6) is 0 Å². The first-order chi connectivity index (χ1) is 18.5. The third-order valence-corrected chi connectivity index (χ3v) is 7.12.